The van der Waals surface area contributed by atoms with Crippen LogP contribution in [0.15, 0.2) is 12.2 Å². The molecule has 0 N–H and O–H groups in total. The molecule has 0 aromatic heterocycles. The Hall–Kier alpha value is -0.300. The minimum atomic E-state index is 0.00866. The van der Waals surface area contributed by atoms with Crippen LogP contribution in [-0.4, -0.2) is 12.2 Å². The summed E-state index contributed by atoms with van der Waals surface area (Å²) in [6.07, 6.45) is 12.7. The molecule has 1 aliphatic carbocycles. The van der Waals surface area contributed by atoms with Gasteiger partial charge in [0, 0.05) is 0 Å². The van der Waals surface area contributed by atoms with Crippen LogP contribution in [0.5, 0.6) is 0 Å². The van der Waals surface area contributed by atoms with Crippen molar-refractivity contribution in [3.63, 3.8) is 0 Å². The topological polar surface area (TPSA) is 9.23 Å². The largest absolute Gasteiger partial charge is 0.375 e. The van der Waals surface area contributed by atoms with Crippen molar-refractivity contribution in [3.05, 3.63) is 12.2 Å². The smallest absolute Gasteiger partial charge is 0.0598 e. The van der Waals surface area contributed by atoms with E-state index in [0.717, 1.165) is 6.61 Å². The Morgan fingerprint density at radius 3 is 2.11 bits per heavy atom. The first-order valence-electron chi connectivity index (χ1n) is 7.94. The Morgan fingerprint density at radius 1 is 1.05 bits per heavy atom. The molecule has 19 heavy (non-hydrogen) atoms. The lowest BCUT2D eigenvalue weighted by Crippen LogP contribution is -2.37. The minimum absolute atomic E-state index is 0.00866. The summed E-state index contributed by atoms with van der Waals surface area (Å²) in [5.41, 5.74) is 0.834. The highest BCUT2D eigenvalue weighted by Crippen LogP contribution is 2.45. The van der Waals surface area contributed by atoms with E-state index in [2.05, 4.69) is 53.7 Å². The lowest BCUT2D eigenvalue weighted by atomic mass is 9.66. The highest BCUT2D eigenvalue weighted by Gasteiger charge is 2.37. The summed E-state index contributed by atoms with van der Waals surface area (Å²) in [4.78, 5) is 0. The lowest BCUT2D eigenvalue weighted by Gasteiger charge is -2.43. The molecule has 0 aromatic rings. The van der Waals surface area contributed by atoms with Gasteiger partial charge >= 0.3 is 0 Å². The van der Waals surface area contributed by atoms with E-state index in [1.807, 2.05) is 0 Å². The summed E-state index contributed by atoms with van der Waals surface area (Å²) < 4.78 is 6.03. The van der Waals surface area contributed by atoms with E-state index in [-0.39, 0.29) is 5.60 Å². The van der Waals surface area contributed by atoms with Gasteiger partial charge in [-0.05, 0) is 63.7 Å². The molecule has 112 valence electrons. The molecule has 1 nitrogen and oxygen atoms in total. The number of rotatable bonds is 6. The van der Waals surface area contributed by atoms with Crippen LogP contribution in [0.4, 0.5) is 0 Å². The summed E-state index contributed by atoms with van der Waals surface area (Å²) in [6, 6.07) is 0. The second-order valence-electron chi connectivity index (χ2n) is 8.42. The maximum absolute atomic E-state index is 6.03. The van der Waals surface area contributed by atoms with Crippen molar-refractivity contribution in [2.45, 2.75) is 85.7 Å². The fourth-order valence-corrected chi connectivity index (χ4v) is 2.54. The van der Waals surface area contributed by atoms with Crippen molar-refractivity contribution in [1.82, 2.24) is 0 Å². The van der Waals surface area contributed by atoms with Gasteiger partial charge in [0.15, 0.2) is 0 Å². The van der Waals surface area contributed by atoms with Gasteiger partial charge in [0.25, 0.3) is 0 Å². The van der Waals surface area contributed by atoms with Gasteiger partial charge in [0.2, 0.25) is 0 Å². The first-order valence-corrected chi connectivity index (χ1v) is 7.94. The van der Waals surface area contributed by atoms with Crippen LogP contribution >= 0.6 is 0 Å². The van der Waals surface area contributed by atoms with Crippen molar-refractivity contribution >= 4 is 0 Å². The van der Waals surface area contributed by atoms with Gasteiger partial charge in [-0.3, -0.25) is 0 Å². The van der Waals surface area contributed by atoms with Gasteiger partial charge in [-0.15, -0.1) is 0 Å². The Kier molecular flexibility index (Phi) is 5.67. The molecule has 1 heteroatoms. The molecule has 0 amide bonds. The summed E-state index contributed by atoms with van der Waals surface area (Å²) in [5.74, 6) is 0. The Bertz CT molecular complexity index is 284. The highest BCUT2D eigenvalue weighted by molar-refractivity contribution is 4.93. The molecule has 1 saturated carbocycles. The summed E-state index contributed by atoms with van der Waals surface area (Å²) in [7, 11) is 0. The van der Waals surface area contributed by atoms with Crippen LogP contribution in [0.1, 0.15) is 80.1 Å². The Balaban J connectivity index is 2.27. The zero-order valence-electron chi connectivity index (χ0n) is 14.0. The molecule has 0 heterocycles. The Labute approximate surface area is 120 Å². The lowest BCUT2D eigenvalue weighted by molar-refractivity contribution is -0.0820. The third-order valence-corrected chi connectivity index (χ3v) is 3.92. The van der Waals surface area contributed by atoms with E-state index >= 15 is 0 Å². The van der Waals surface area contributed by atoms with Crippen molar-refractivity contribution in [2.75, 3.05) is 6.61 Å². The zero-order valence-corrected chi connectivity index (χ0v) is 14.0. The van der Waals surface area contributed by atoms with Gasteiger partial charge in [0.1, 0.15) is 0 Å². The minimum Gasteiger partial charge on any atom is -0.375 e. The molecule has 0 bridgehead atoms. The molecule has 0 atom stereocenters. The fourth-order valence-electron chi connectivity index (χ4n) is 2.54. The molecule has 0 radical (unpaired) electrons. The number of unbranched alkanes of at least 4 members (excludes halogenated alkanes) is 1. The van der Waals surface area contributed by atoms with Crippen molar-refractivity contribution < 1.29 is 4.74 Å². The molecule has 0 spiro atoms. The number of hydrogen-bond acceptors (Lipinski definition) is 1. The van der Waals surface area contributed by atoms with Crippen molar-refractivity contribution in [1.29, 1.82) is 0 Å². The summed E-state index contributed by atoms with van der Waals surface area (Å²) in [5, 5.41) is 0. The normalized spacial score (nSPS) is 19.7. The van der Waals surface area contributed by atoms with Crippen molar-refractivity contribution in [3.8, 4) is 0 Å². The zero-order chi connectivity index (χ0) is 14.6. The van der Waals surface area contributed by atoms with Gasteiger partial charge in [-0.2, -0.15) is 0 Å². The average Bonchev–Trinajstić information content (AvgIpc) is 2.16. The molecular weight excluding hydrogens is 232 g/mol. The molecule has 0 aliphatic heterocycles. The number of allylic oxidation sites excluding steroid dienone is 2. The van der Waals surface area contributed by atoms with E-state index < -0.39 is 0 Å². The third-order valence-electron chi connectivity index (χ3n) is 3.92. The number of ether oxygens (including phenoxy) is 1. The van der Waals surface area contributed by atoms with E-state index in [0.29, 0.717) is 10.8 Å². The fraction of sp³-hybridized carbons (Fsp3) is 0.889. The van der Waals surface area contributed by atoms with Gasteiger partial charge in [0.05, 0.1) is 12.2 Å². The second kappa shape index (κ2) is 6.43. The summed E-state index contributed by atoms with van der Waals surface area (Å²) in [6.45, 7) is 14.2. The van der Waals surface area contributed by atoms with Crippen LogP contribution in [0.2, 0.25) is 0 Å². The monoisotopic (exact) mass is 266 g/mol. The molecule has 0 unspecified atom stereocenters. The highest BCUT2D eigenvalue weighted by atomic mass is 16.5. The average molecular weight is 266 g/mol. The standard InChI is InChI=1S/C18H34O/c1-16(2,3)11-8-7-9-12-18(13-10-14-18)15-19-17(4,5)6/h8,11H,7,9-10,12-15H2,1-6H3. The van der Waals surface area contributed by atoms with Crippen LogP contribution in [-0.2, 0) is 4.74 Å². The molecule has 1 fully saturated rings. The third kappa shape index (κ3) is 7.15. The molecule has 1 aliphatic rings. The van der Waals surface area contributed by atoms with Crippen LogP contribution in [0, 0.1) is 10.8 Å². The number of hydrogen-bond donors (Lipinski definition) is 0. The van der Waals surface area contributed by atoms with E-state index in [4.69, 9.17) is 4.74 Å². The molecule has 0 saturated heterocycles. The van der Waals surface area contributed by atoms with Gasteiger partial charge in [-0.25, -0.2) is 0 Å². The second-order valence-corrected chi connectivity index (χ2v) is 8.42. The van der Waals surface area contributed by atoms with Crippen LogP contribution in [0.3, 0.4) is 0 Å². The quantitative estimate of drug-likeness (QED) is 0.439. The predicted molar refractivity (Wildman–Crippen MR) is 84.4 cm³/mol. The van der Waals surface area contributed by atoms with Crippen LogP contribution in [0.25, 0.3) is 0 Å². The van der Waals surface area contributed by atoms with E-state index in [1.54, 1.807) is 0 Å². The predicted octanol–water partition coefficient (Wildman–Crippen LogP) is 5.74. The first-order chi connectivity index (χ1) is 8.62. The van der Waals surface area contributed by atoms with E-state index in [1.165, 1.54) is 38.5 Å². The van der Waals surface area contributed by atoms with Gasteiger partial charge in [-0.1, -0.05) is 39.3 Å². The SMILES string of the molecule is CC(C)(C)C=CCCCC1(COC(C)(C)C)CCC1. The maximum Gasteiger partial charge on any atom is 0.0598 e. The van der Waals surface area contributed by atoms with Gasteiger partial charge < -0.3 is 4.74 Å². The van der Waals surface area contributed by atoms with Crippen molar-refractivity contribution in [2.24, 2.45) is 10.8 Å². The maximum atomic E-state index is 6.03. The Morgan fingerprint density at radius 2 is 1.68 bits per heavy atom. The molecule has 1 rings (SSSR count). The molecular formula is C18H34O. The van der Waals surface area contributed by atoms with E-state index in [9.17, 15) is 0 Å². The first kappa shape index (κ1) is 16.8. The van der Waals surface area contributed by atoms with Crippen LogP contribution < -0.4 is 0 Å². The molecule has 0 aromatic carbocycles. The summed E-state index contributed by atoms with van der Waals surface area (Å²) >= 11 is 0.